The first-order chi connectivity index (χ1) is 12.9. The molecule has 3 heterocycles. The maximum absolute atomic E-state index is 13.2. The minimum atomic E-state index is -3.61. The van der Waals surface area contributed by atoms with Crippen molar-refractivity contribution >= 4 is 15.9 Å². The third-order valence-corrected chi connectivity index (χ3v) is 7.11. The normalized spacial score (nSPS) is 16.1. The molecule has 7 nitrogen and oxygen atoms in total. The third-order valence-electron chi connectivity index (χ3n) is 4.93. The van der Waals surface area contributed by atoms with Crippen molar-refractivity contribution < 1.29 is 13.2 Å². The van der Waals surface area contributed by atoms with Gasteiger partial charge in [0.25, 0.3) is 5.91 Å². The van der Waals surface area contributed by atoms with E-state index in [1.807, 2.05) is 6.07 Å². The third kappa shape index (κ3) is 4.22. The van der Waals surface area contributed by atoms with Crippen molar-refractivity contribution in [2.75, 3.05) is 13.1 Å². The summed E-state index contributed by atoms with van der Waals surface area (Å²) < 4.78 is 27.9. The second kappa shape index (κ2) is 8.22. The van der Waals surface area contributed by atoms with E-state index in [0.29, 0.717) is 36.6 Å². The summed E-state index contributed by atoms with van der Waals surface area (Å²) in [6, 6.07) is 3.67. The molecule has 1 fully saturated rings. The van der Waals surface area contributed by atoms with Gasteiger partial charge in [-0.25, -0.2) is 8.42 Å². The van der Waals surface area contributed by atoms with Gasteiger partial charge >= 0.3 is 0 Å². The molecule has 2 aromatic rings. The second-order valence-corrected chi connectivity index (χ2v) is 8.82. The van der Waals surface area contributed by atoms with Crippen LogP contribution in [0.25, 0.3) is 0 Å². The number of pyridine rings is 1. The number of H-pyrrole nitrogens is 1. The first-order valence-electron chi connectivity index (χ1n) is 9.27. The van der Waals surface area contributed by atoms with E-state index < -0.39 is 10.0 Å². The minimum Gasteiger partial charge on any atom is -0.353 e. The molecular formula is C19H26N4O3S. The van der Waals surface area contributed by atoms with Gasteiger partial charge in [-0.05, 0) is 43.9 Å². The fourth-order valence-corrected chi connectivity index (χ4v) is 5.46. The molecule has 0 aromatic carbocycles. The minimum absolute atomic E-state index is 0.232. The van der Waals surface area contributed by atoms with Gasteiger partial charge in [0, 0.05) is 37.7 Å². The first kappa shape index (κ1) is 19.6. The van der Waals surface area contributed by atoms with Crippen molar-refractivity contribution in [1.82, 2.24) is 19.6 Å². The van der Waals surface area contributed by atoms with Gasteiger partial charge in [-0.1, -0.05) is 18.9 Å². The number of carbonyl (C=O) groups excluding carboxylic acids is 1. The number of amides is 1. The smallest absolute Gasteiger partial charge is 0.268 e. The number of sulfonamides is 1. The predicted molar refractivity (Wildman–Crippen MR) is 103 cm³/mol. The molecule has 27 heavy (non-hydrogen) atoms. The molecule has 1 amide bonds. The largest absolute Gasteiger partial charge is 0.353 e. The van der Waals surface area contributed by atoms with E-state index in [9.17, 15) is 13.2 Å². The highest BCUT2D eigenvalue weighted by Crippen LogP contribution is 2.28. The Morgan fingerprint density at radius 2 is 1.93 bits per heavy atom. The van der Waals surface area contributed by atoms with Crippen LogP contribution in [0, 0.1) is 13.8 Å². The SMILES string of the molecule is Cc1[nH]c(C(=O)NCc2cccnc2)c(C)c1S(=O)(=O)N1CCCCCC1. The lowest BCUT2D eigenvalue weighted by molar-refractivity contribution is 0.0945. The maximum atomic E-state index is 13.2. The maximum Gasteiger partial charge on any atom is 0.268 e. The molecule has 0 radical (unpaired) electrons. The zero-order chi connectivity index (χ0) is 19.4. The van der Waals surface area contributed by atoms with E-state index in [-0.39, 0.29) is 10.8 Å². The average Bonchev–Trinajstić information content (AvgIpc) is 2.83. The number of carbonyl (C=O) groups is 1. The van der Waals surface area contributed by atoms with Crippen LogP contribution in [-0.2, 0) is 16.6 Å². The lowest BCUT2D eigenvalue weighted by atomic mass is 10.2. The fourth-order valence-electron chi connectivity index (χ4n) is 3.53. The Labute approximate surface area is 160 Å². The van der Waals surface area contributed by atoms with Crippen molar-refractivity contribution in [3.8, 4) is 0 Å². The number of aromatic nitrogens is 2. The Bertz CT molecular complexity index is 899. The van der Waals surface area contributed by atoms with Crippen LogP contribution in [0.3, 0.4) is 0 Å². The van der Waals surface area contributed by atoms with Crippen LogP contribution >= 0.6 is 0 Å². The quantitative estimate of drug-likeness (QED) is 0.820. The number of hydrogen-bond donors (Lipinski definition) is 2. The van der Waals surface area contributed by atoms with E-state index in [2.05, 4.69) is 15.3 Å². The van der Waals surface area contributed by atoms with Gasteiger partial charge in [-0.15, -0.1) is 0 Å². The fraction of sp³-hybridized carbons (Fsp3) is 0.474. The number of aryl methyl sites for hydroxylation is 1. The van der Waals surface area contributed by atoms with Crippen molar-refractivity contribution in [3.05, 3.63) is 47.0 Å². The van der Waals surface area contributed by atoms with Crippen molar-refractivity contribution in [2.45, 2.75) is 51.0 Å². The zero-order valence-electron chi connectivity index (χ0n) is 15.8. The molecule has 0 spiro atoms. The van der Waals surface area contributed by atoms with Gasteiger partial charge in [-0.3, -0.25) is 9.78 Å². The summed E-state index contributed by atoms with van der Waals surface area (Å²) in [4.78, 5) is 19.8. The Kier molecular flexibility index (Phi) is 5.96. The Balaban J connectivity index is 1.82. The van der Waals surface area contributed by atoms with E-state index in [0.717, 1.165) is 31.2 Å². The molecule has 8 heteroatoms. The van der Waals surface area contributed by atoms with Crippen molar-refractivity contribution in [2.24, 2.45) is 0 Å². The molecule has 0 bridgehead atoms. The van der Waals surface area contributed by atoms with Gasteiger partial charge < -0.3 is 10.3 Å². The van der Waals surface area contributed by atoms with E-state index in [4.69, 9.17) is 0 Å². The summed E-state index contributed by atoms with van der Waals surface area (Å²) in [7, 11) is -3.61. The molecule has 0 saturated carbocycles. The molecule has 1 aliphatic rings. The number of aromatic amines is 1. The summed E-state index contributed by atoms with van der Waals surface area (Å²) >= 11 is 0. The molecular weight excluding hydrogens is 364 g/mol. The van der Waals surface area contributed by atoms with Gasteiger partial charge in [0.05, 0.1) is 0 Å². The Morgan fingerprint density at radius 3 is 2.56 bits per heavy atom. The lowest BCUT2D eigenvalue weighted by Crippen LogP contribution is -2.32. The van der Waals surface area contributed by atoms with Crippen LogP contribution in [-0.4, -0.2) is 41.7 Å². The number of hydrogen-bond acceptors (Lipinski definition) is 4. The van der Waals surface area contributed by atoms with E-state index in [1.54, 1.807) is 36.6 Å². The molecule has 2 N–H and O–H groups in total. The summed E-state index contributed by atoms with van der Waals surface area (Å²) in [6.07, 6.45) is 7.21. The van der Waals surface area contributed by atoms with E-state index in [1.165, 1.54) is 0 Å². The van der Waals surface area contributed by atoms with Crippen LogP contribution in [0.1, 0.15) is 53.0 Å². The second-order valence-electron chi connectivity index (χ2n) is 6.94. The van der Waals surface area contributed by atoms with Crippen LogP contribution in [0.4, 0.5) is 0 Å². The Morgan fingerprint density at radius 1 is 1.22 bits per heavy atom. The monoisotopic (exact) mass is 390 g/mol. The number of rotatable bonds is 5. The van der Waals surface area contributed by atoms with Crippen molar-refractivity contribution in [3.63, 3.8) is 0 Å². The summed E-state index contributed by atoms with van der Waals surface area (Å²) in [5.74, 6) is -0.322. The number of nitrogens with zero attached hydrogens (tertiary/aromatic N) is 2. The standard InChI is InChI=1S/C19H26N4O3S/c1-14-17(19(24)21-13-16-8-7-9-20-12-16)22-15(2)18(14)27(25,26)23-10-5-3-4-6-11-23/h7-9,12,22H,3-6,10-11,13H2,1-2H3,(H,21,24). The summed E-state index contributed by atoms with van der Waals surface area (Å²) in [5.41, 5.74) is 2.15. The van der Waals surface area contributed by atoms with Crippen LogP contribution < -0.4 is 5.32 Å². The highest BCUT2D eigenvalue weighted by molar-refractivity contribution is 7.89. The molecule has 146 valence electrons. The van der Waals surface area contributed by atoms with Gasteiger partial charge in [0.15, 0.2) is 0 Å². The van der Waals surface area contributed by atoms with Gasteiger partial charge in [0.2, 0.25) is 10.0 Å². The molecule has 0 atom stereocenters. The highest BCUT2D eigenvalue weighted by atomic mass is 32.2. The predicted octanol–water partition coefficient (Wildman–Crippen LogP) is 2.52. The molecule has 0 unspecified atom stereocenters. The molecule has 0 aliphatic carbocycles. The first-order valence-corrected chi connectivity index (χ1v) is 10.7. The van der Waals surface area contributed by atoms with E-state index >= 15 is 0 Å². The molecule has 3 rings (SSSR count). The summed E-state index contributed by atoms with van der Waals surface area (Å²) in [5, 5.41) is 2.82. The zero-order valence-corrected chi connectivity index (χ0v) is 16.6. The molecule has 1 saturated heterocycles. The topological polar surface area (TPSA) is 95.2 Å². The van der Waals surface area contributed by atoms with Crippen LogP contribution in [0.15, 0.2) is 29.4 Å². The highest BCUT2D eigenvalue weighted by Gasteiger charge is 2.31. The molecule has 2 aromatic heterocycles. The van der Waals surface area contributed by atoms with Crippen LogP contribution in [0.5, 0.6) is 0 Å². The molecule has 1 aliphatic heterocycles. The van der Waals surface area contributed by atoms with Crippen molar-refractivity contribution in [1.29, 1.82) is 0 Å². The summed E-state index contributed by atoms with van der Waals surface area (Å²) in [6.45, 7) is 4.80. The van der Waals surface area contributed by atoms with Gasteiger partial charge in [0.1, 0.15) is 10.6 Å². The van der Waals surface area contributed by atoms with Gasteiger partial charge in [-0.2, -0.15) is 4.31 Å². The number of nitrogens with one attached hydrogen (secondary N) is 2. The lowest BCUT2D eigenvalue weighted by Gasteiger charge is -2.20. The van der Waals surface area contributed by atoms with Crippen LogP contribution in [0.2, 0.25) is 0 Å². The Hall–Kier alpha value is -2.19. The average molecular weight is 391 g/mol.